The Hall–Kier alpha value is -6.12. The highest BCUT2D eigenvalue weighted by Gasteiger charge is 2.25. The molecule has 8 aromatic carbocycles. The second kappa shape index (κ2) is 11.8. The van der Waals surface area contributed by atoms with Crippen LogP contribution in [-0.4, -0.2) is 0 Å². The van der Waals surface area contributed by atoms with E-state index in [4.69, 9.17) is 0 Å². The summed E-state index contributed by atoms with van der Waals surface area (Å²) in [6.07, 6.45) is 0. The first-order valence-electron chi connectivity index (χ1n) is 17.4. The summed E-state index contributed by atoms with van der Waals surface area (Å²) in [5.41, 5.74) is 17.5. The first-order valence-corrected chi connectivity index (χ1v) is 17.4. The molecule has 0 radical (unpaired) electrons. The molecule has 0 amide bonds. The zero-order valence-electron chi connectivity index (χ0n) is 28.9. The van der Waals surface area contributed by atoms with Gasteiger partial charge in [-0.1, -0.05) is 84.9 Å². The van der Waals surface area contributed by atoms with Crippen LogP contribution in [0.15, 0.2) is 158 Å². The van der Waals surface area contributed by atoms with Crippen molar-refractivity contribution in [3.05, 3.63) is 180 Å². The zero-order chi connectivity index (χ0) is 33.9. The molecule has 0 unspecified atom stereocenters. The van der Waals surface area contributed by atoms with Crippen LogP contribution in [-0.2, 0) is 0 Å². The molecule has 0 saturated heterocycles. The van der Waals surface area contributed by atoms with Crippen LogP contribution in [0.3, 0.4) is 0 Å². The Morgan fingerprint density at radius 2 is 0.620 bits per heavy atom. The van der Waals surface area contributed by atoms with Crippen LogP contribution in [0.25, 0.3) is 43.8 Å². The van der Waals surface area contributed by atoms with E-state index in [9.17, 15) is 0 Å². The second-order valence-electron chi connectivity index (χ2n) is 13.7. The largest absolute Gasteiger partial charge is 0.310 e. The van der Waals surface area contributed by atoms with E-state index in [1.807, 2.05) is 0 Å². The van der Waals surface area contributed by atoms with Crippen LogP contribution in [0.2, 0.25) is 0 Å². The molecule has 8 aromatic rings. The van der Waals surface area contributed by atoms with Gasteiger partial charge in [-0.2, -0.15) is 0 Å². The van der Waals surface area contributed by atoms with Crippen LogP contribution >= 0.6 is 0 Å². The SMILES string of the molecule is Cc1cccc(C)c1N(c1ccccc1)c1ccc2cc3c(cc2c1)-c1cc2cc(N(c4ccccc4)c4c(C)cccc4C)ccc2cc1-3. The van der Waals surface area contributed by atoms with Crippen LogP contribution in [0.1, 0.15) is 22.3 Å². The van der Waals surface area contributed by atoms with Crippen molar-refractivity contribution in [3.63, 3.8) is 0 Å². The van der Waals surface area contributed by atoms with Gasteiger partial charge in [-0.05, 0) is 167 Å². The fraction of sp³-hybridized carbons (Fsp3) is 0.0833. The van der Waals surface area contributed by atoms with Crippen molar-refractivity contribution < 1.29 is 0 Å². The van der Waals surface area contributed by atoms with Gasteiger partial charge in [0.15, 0.2) is 0 Å². The molecular formula is C48H38N2. The summed E-state index contributed by atoms with van der Waals surface area (Å²) in [7, 11) is 0. The van der Waals surface area contributed by atoms with Crippen molar-refractivity contribution in [2.45, 2.75) is 27.7 Å². The number of hydrogen-bond donors (Lipinski definition) is 0. The minimum absolute atomic E-state index is 1.16. The van der Waals surface area contributed by atoms with E-state index in [0.717, 1.165) is 22.7 Å². The molecular weight excluding hydrogens is 605 g/mol. The lowest BCUT2D eigenvalue weighted by atomic mass is 9.78. The molecule has 0 aromatic heterocycles. The molecule has 2 heteroatoms. The van der Waals surface area contributed by atoms with Gasteiger partial charge >= 0.3 is 0 Å². The second-order valence-corrected chi connectivity index (χ2v) is 13.7. The molecule has 0 N–H and O–H groups in total. The molecule has 0 heterocycles. The highest BCUT2D eigenvalue weighted by atomic mass is 15.2. The molecule has 0 saturated carbocycles. The molecule has 0 aliphatic heterocycles. The van der Waals surface area contributed by atoms with E-state index in [-0.39, 0.29) is 0 Å². The Morgan fingerprint density at radius 3 is 0.980 bits per heavy atom. The lowest BCUT2D eigenvalue weighted by Crippen LogP contribution is -2.13. The minimum Gasteiger partial charge on any atom is -0.310 e. The summed E-state index contributed by atoms with van der Waals surface area (Å²) in [6, 6.07) is 57.9. The Labute approximate surface area is 294 Å². The monoisotopic (exact) mass is 642 g/mol. The third kappa shape index (κ3) is 4.87. The van der Waals surface area contributed by atoms with Gasteiger partial charge < -0.3 is 9.80 Å². The number of fused-ring (bicyclic) bond motifs is 6. The Morgan fingerprint density at radius 1 is 0.280 bits per heavy atom. The van der Waals surface area contributed by atoms with Gasteiger partial charge in [-0.25, -0.2) is 0 Å². The first kappa shape index (κ1) is 30.0. The van der Waals surface area contributed by atoms with Crippen LogP contribution in [0.4, 0.5) is 34.1 Å². The van der Waals surface area contributed by atoms with E-state index in [1.54, 1.807) is 0 Å². The molecule has 240 valence electrons. The molecule has 0 bridgehead atoms. The van der Waals surface area contributed by atoms with E-state index < -0.39 is 0 Å². The molecule has 0 atom stereocenters. The van der Waals surface area contributed by atoms with Gasteiger partial charge in [0, 0.05) is 22.7 Å². The van der Waals surface area contributed by atoms with Crippen molar-refractivity contribution in [1.29, 1.82) is 0 Å². The van der Waals surface area contributed by atoms with Gasteiger partial charge in [-0.3, -0.25) is 0 Å². The first-order chi connectivity index (χ1) is 24.4. The van der Waals surface area contributed by atoms with Gasteiger partial charge in [0.25, 0.3) is 0 Å². The number of nitrogens with zero attached hydrogens (tertiary/aromatic N) is 2. The van der Waals surface area contributed by atoms with Gasteiger partial charge in [0.2, 0.25) is 0 Å². The maximum absolute atomic E-state index is 2.40. The summed E-state index contributed by atoms with van der Waals surface area (Å²) >= 11 is 0. The predicted octanol–water partition coefficient (Wildman–Crippen LogP) is 13.8. The number of para-hydroxylation sites is 4. The number of aryl methyl sites for hydroxylation is 4. The van der Waals surface area contributed by atoms with Crippen molar-refractivity contribution >= 4 is 55.7 Å². The molecule has 0 fully saturated rings. The van der Waals surface area contributed by atoms with Gasteiger partial charge in [-0.15, -0.1) is 0 Å². The Balaban J connectivity index is 1.15. The average Bonchev–Trinajstić information content (AvgIpc) is 3.14. The predicted molar refractivity (Wildman–Crippen MR) is 214 cm³/mol. The summed E-state index contributed by atoms with van der Waals surface area (Å²) in [5, 5.41) is 5.02. The Kier molecular flexibility index (Phi) is 7.07. The van der Waals surface area contributed by atoms with Crippen molar-refractivity contribution in [2.75, 3.05) is 9.80 Å². The molecule has 9 rings (SSSR count). The summed E-state index contributed by atoms with van der Waals surface area (Å²) < 4.78 is 0. The molecule has 0 spiro atoms. The minimum atomic E-state index is 1.16. The zero-order valence-corrected chi connectivity index (χ0v) is 28.9. The lowest BCUT2D eigenvalue weighted by Gasteiger charge is -2.30. The number of rotatable bonds is 6. The average molecular weight is 643 g/mol. The van der Waals surface area contributed by atoms with Crippen LogP contribution < -0.4 is 9.80 Å². The van der Waals surface area contributed by atoms with Gasteiger partial charge in [0.05, 0.1) is 11.4 Å². The maximum atomic E-state index is 2.40. The molecule has 2 nitrogen and oxygen atoms in total. The van der Waals surface area contributed by atoms with E-state index in [2.05, 4.69) is 195 Å². The number of hydrogen-bond acceptors (Lipinski definition) is 2. The van der Waals surface area contributed by atoms with Crippen molar-refractivity contribution in [1.82, 2.24) is 0 Å². The van der Waals surface area contributed by atoms with Crippen molar-refractivity contribution in [2.24, 2.45) is 0 Å². The summed E-state index contributed by atoms with van der Waals surface area (Å²) in [6.45, 7) is 8.82. The number of benzene rings is 8. The van der Waals surface area contributed by atoms with Crippen LogP contribution in [0, 0.1) is 27.7 Å². The molecule has 50 heavy (non-hydrogen) atoms. The third-order valence-corrected chi connectivity index (χ3v) is 10.4. The topological polar surface area (TPSA) is 6.48 Å². The van der Waals surface area contributed by atoms with Gasteiger partial charge in [0.1, 0.15) is 0 Å². The molecule has 1 aliphatic rings. The standard InChI is InChI=1S/C48H38N2/c1-31-13-11-14-32(2)47(31)49(39-17-7-5-8-18-39)41-23-21-35-27-43-44-28-36-22-24-42(26-38(36)30-46(44)45(43)29-37(35)25-41)50(40-19-9-6-10-20-40)48-33(3)15-12-16-34(48)4/h5-30H,1-4H3. The van der Waals surface area contributed by atoms with E-state index >= 15 is 0 Å². The fourth-order valence-corrected chi connectivity index (χ4v) is 7.96. The Bertz CT molecular complexity index is 2360. The third-order valence-electron chi connectivity index (χ3n) is 10.4. The van der Waals surface area contributed by atoms with E-state index in [0.29, 0.717) is 0 Å². The maximum Gasteiger partial charge on any atom is 0.0519 e. The van der Waals surface area contributed by atoms with Crippen LogP contribution in [0.5, 0.6) is 0 Å². The van der Waals surface area contributed by atoms with Crippen molar-refractivity contribution in [3.8, 4) is 22.3 Å². The highest BCUT2D eigenvalue weighted by Crippen LogP contribution is 2.51. The number of anilines is 6. The lowest BCUT2D eigenvalue weighted by molar-refractivity contribution is 1.22. The molecule has 1 aliphatic carbocycles. The highest BCUT2D eigenvalue weighted by molar-refractivity contribution is 6.12. The fourth-order valence-electron chi connectivity index (χ4n) is 7.96. The quantitative estimate of drug-likeness (QED) is 0.178. The summed E-state index contributed by atoms with van der Waals surface area (Å²) in [4.78, 5) is 4.81. The normalized spacial score (nSPS) is 11.6. The smallest absolute Gasteiger partial charge is 0.0519 e. The van der Waals surface area contributed by atoms with E-state index in [1.165, 1.54) is 77.4 Å². The summed E-state index contributed by atoms with van der Waals surface area (Å²) in [5.74, 6) is 0.